The van der Waals surface area contributed by atoms with Crippen LogP contribution in [0.4, 0.5) is 19.3 Å². The van der Waals surface area contributed by atoms with Gasteiger partial charge in [-0.1, -0.05) is 48.5 Å². The Hall–Kier alpha value is -5.46. The highest BCUT2D eigenvalue weighted by Crippen LogP contribution is 2.23. The third-order valence-electron chi connectivity index (χ3n) is 8.31. The maximum atomic E-state index is 14.9. The second-order valence-electron chi connectivity index (χ2n) is 12.8. The molecule has 13 heteroatoms. The number of aromatic hydroxyl groups is 1. The molecule has 2 amide bonds. The van der Waals surface area contributed by atoms with E-state index in [1.807, 2.05) is 0 Å². The number of alkyl carbamates (subject to hydrolysis) is 1. The van der Waals surface area contributed by atoms with Crippen LogP contribution in [0.3, 0.4) is 0 Å². The van der Waals surface area contributed by atoms with E-state index in [0.717, 1.165) is 21.3 Å². The highest BCUT2D eigenvalue weighted by atomic mass is 19.1. The molecule has 0 radical (unpaired) electrons. The van der Waals surface area contributed by atoms with Crippen LogP contribution >= 0.6 is 0 Å². The normalized spacial score (nSPS) is 14.0. The van der Waals surface area contributed by atoms with E-state index < -0.39 is 47.2 Å². The second-order valence-corrected chi connectivity index (χ2v) is 12.8. The zero-order valence-corrected chi connectivity index (χ0v) is 27.8. The van der Waals surface area contributed by atoms with Crippen LogP contribution in [0.5, 0.6) is 5.75 Å². The maximum absolute atomic E-state index is 14.9. The van der Waals surface area contributed by atoms with Gasteiger partial charge in [-0.3, -0.25) is 18.7 Å². The van der Waals surface area contributed by atoms with Crippen LogP contribution in [-0.2, 0) is 17.8 Å². The van der Waals surface area contributed by atoms with Crippen LogP contribution in [0.1, 0.15) is 54.0 Å². The summed E-state index contributed by atoms with van der Waals surface area (Å²) in [6.45, 7) is 6.61. The van der Waals surface area contributed by atoms with Crippen LogP contribution in [0.15, 0.2) is 82.4 Å². The van der Waals surface area contributed by atoms with Crippen molar-refractivity contribution in [3.8, 4) is 5.75 Å². The number of halogens is 2. The molecular weight excluding hydrogens is 636 g/mol. The Kier molecular flexibility index (Phi) is 10.2. The van der Waals surface area contributed by atoms with Gasteiger partial charge in [-0.15, -0.1) is 0 Å². The summed E-state index contributed by atoms with van der Waals surface area (Å²) < 4.78 is 37.3. The summed E-state index contributed by atoms with van der Waals surface area (Å²) in [7, 11) is 0. The molecule has 2 N–H and O–H groups in total. The molecule has 3 aromatic carbocycles. The van der Waals surface area contributed by atoms with Crippen molar-refractivity contribution in [3.05, 3.63) is 128 Å². The first-order valence-electron chi connectivity index (χ1n) is 15.9. The van der Waals surface area contributed by atoms with Gasteiger partial charge in [0.1, 0.15) is 28.7 Å². The van der Waals surface area contributed by atoms with Crippen molar-refractivity contribution >= 4 is 17.7 Å². The number of carbonyl (C=O) groups excluding carboxylic acids is 2. The van der Waals surface area contributed by atoms with E-state index in [2.05, 4.69) is 5.32 Å². The minimum absolute atomic E-state index is 0.120. The molecule has 11 nitrogen and oxygen atoms in total. The minimum atomic E-state index is -0.899. The highest BCUT2D eigenvalue weighted by molar-refractivity contribution is 5.97. The Morgan fingerprint density at radius 3 is 2.10 bits per heavy atom. The highest BCUT2D eigenvalue weighted by Gasteiger charge is 2.30. The SMILES string of the molecule is Cc1c(N2CCN(C(=O)c3ccccc3O)CC2)c(=O)n(C[C@H](NC(=O)OC(C)(C)C)c2ccccc2)c(=O)n1Cc1c(F)cccc1F. The minimum Gasteiger partial charge on any atom is -0.507 e. The smallest absolute Gasteiger partial charge is 0.408 e. The fourth-order valence-corrected chi connectivity index (χ4v) is 5.85. The molecule has 1 atom stereocenters. The third kappa shape index (κ3) is 7.82. The van der Waals surface area contributed by atoms with Gasteiger partial charge in [-0.05, 0) is 57.5 Å². The van der Waals surface area contributed by atoms with Crippen molar-refractivity contribution in [2.45, 2.75) is 52.4 Å². The lowest BCUT2D eigenvalue weighted by atomic mass is 10.1. The van der Waals surface area contributed by atoms with Gasteiger partial charge in [-0.2, -0.15) is 0 Å². The average Bonchev–Trinajstić information content (AvgIpc) is 3.05. The molecule has 49 heavy (non-hydrogen) atoms. The summed E-state index contributed by atoms with van der Waals surface area (Å²) in [6, 6.07) is 17.5. The molecule has 1 fully saturated rings. The van der Waals surface area contributed by atoms with E-state index in [1.165, 1.54) is 25.1 Å². The monoisotopic (exact) mass is 675 g/mol. The molecule has 0 unspecified atom stereocenters. The summed E-state index contributed by atoms with van der Waals surface area (Å²) in [6.07, 6.45) is -0.763. The Morgan fingerprint density at radius 1 is 0.878 bits per heavy atom. The van der Waals surface area contributed by atoms with Gasteiger partial charge < -0.3 is 25.0 Å². The topological polar surface area (TPSA) is 126 Å². The molecular formula is C36H39F2N5O6. The number of benzene rings is 3. The molecule has 0 spiro atoms. The summed E-state index contributed by atoms with van der Waals surface area (Å²) in [5.41, 5.74) is -1.62. The molecule has 0 aliphatic carbocycles. The van der Waals surface area contributed by atoms with E-state index in [0.29, 0.717) is 5.56 Å². The number of ether oxygens (including phenoxy) is 1. The van der Waals surface area contributed by atoms with Crippen LogP contribution in [-0.4, -0.2) is 62.9 Å². The summed E-state index contributed by atoms with van der Waals surface area (Å²) in [5.74, 6) is -2.22. The van der Waals surface area contributed by atoms with E-state index in [-0.39, 0.29) is 66.9 Å². The number of phenols is 1. The molecule has 0 bridgehead atoms. The van der Waals surface area contributed by atoms with Crippen LogP contribution in [0.2, 0.25) is 0 Å². The molecule has 2 heterocycles. The van der Waals surface area contributed by atoms with Gasteiger partial charge in [0.25, 0.3) is 11.5 Å². The van der Waals surface area contributed by atoms with E-state index in [9.17, 15) is 33.1 Å². The Labute approximate surface area is 282 Å². The lowest BCUT2D eigenvalue weighted by Gasteiger charge is -2.37. The first-order valence-corrected chi connectivity index (χ1v) is 15.9. The molecule has 1 aromatic heterocycles. The largest absolute Gasteiger partial charge is 0.507 e. The number of nitrogens with zero attached hydrogens (tertiary/aromatic N) is 4. The van der Waals surface area contributed by atoms with Gasteiger partial charge >= 0.3 is 11.8 Å². The van der Waals surface area contributed by atoms with E-state index in [4.69, 9.17) is 4.74 Å². The van der Waals surface area contributed by atoms with Crippen LogP contribution in [0.25, 0.3) is 0 Å². The van der Waals surface area contributed by atoms with Crippen molar-refractivity contribution in [2.24, 2.45) is 0 Å². The number of piperazine rings is 1. The number of hydrogen-bond donors (Lipinski definition) is 2. The fraction of sp³-hybridized carbons (Fsp3) is 0.333. The van der Waals surface area contributed by atoms with Crippen LogP contribution < -0.4 is 21.5 Å². The number of rotatable bonds is 8. The number of amides is 2. The van der Waals surface area contributed by atoms with Gasteiger partial charge in [0.05, 0.1) is 24.7 Å². The number of para-hydroxylation sites is 1. The quantitative estimate of drug-likeness (QED) is 0.280. The number of nitrogens with one attached hydrogen (secondary N) is 1. The lowest BCUT2D eigenvalue weighted by Crippen LogP contribution is -2.53. The molecule has 4 aromatic rings. The van der Waals surface area contributed by atoms with Gasteiger partial charge in [0.15, 0.2) is 0 Å². The number of carbonyl (C=O) groups is 2. The zero-order chi connectivity index (χ0) is 35.5. The van der Waals surface area contributed by atoms with Crippen molar-refractivity contribution in [1.29, 1.82) is 0 Å². The molecule has 1 aliphatic rings. The molecule has 1 aliphatic heterocycles. The Morgan fingerprint density at radius 2 is 1.49 bits per heavy atom. The average molecular weight is 676 g/mol. The number of hydrogen-bond acceptors (Lipinski definition) is 7. The van der Waals surface area contributed by atoms with Crippen molar-refractivity contribution in [3.63, 3.8) is 0 Å². The molecule has 5 rings (SSSR count). The van der Waals surface area contributed by atoms with Gasteiger partial charge in [0.2, 0.25) is 0 Å². The first kappa shape index (κ1) is 34.9. The molecule has 1 saturated heterocycles. The lowest BCUT2D eigenvalue weighted by molar-refractivity contribution is 0.0497. The Balaban J connectivity index is 1.56. The second kappa shape index (κ2) is 14.3. The zero-order valence-electron chi connectivity index (χ0n) is 27.8. The first-order chi connectivity index (χ1) is 23.2. The van der Waals surface area contributed by atoms with Gasteiger partial charge in [-0.25, -0.2) is 18.4 Å². The number of phenolic OH excluding ortho intramolecular Hbond substituents is 1. The summed E-state index contributed by atoms with van der Waals surface area (Å²) >= 11 is 0. The Bertz CT molecular complexity index is 1940. The maximum Gasteiger partial charge on any atom is 0.408 e. The third-order valence-corrected chi connectivity index (χ3v) is 8.31. The number of aromatic nitrogens is 2. The van der Waals surface area contributed by atoms with Crippen molar-refractivity contribution in [2.75, 3.05) is 31.1 Å². The van der Waals surface area contributed by atoms with Crippen molar-refractivity contribution in [1.82, 2.24) is 19.4 Å². The standard InChI is InChI=1S/C36H39F2N5O6/c1-23-31(40-17-19-41(20-18-40)32(45)25-13-8-9-16-30(25)44)33(46)43(35(48)42(23)21-26-27(37)14-10-15-28(26)38)22-29(24-11-6-5-7-12-24)39-34(47)49-36(2,3)4/h5-16,29,44H,17-22H2,1-4H3,(H,39,47)/t29-/m0/s1. The predicted molar refractivity (Wildman–Crippen MR) is 180 cm³/mol. The van der Waals surface area contributed by atoms with Crippen molar-refractivity contribution < 1.29 is 28.2 Å². The summed E-state index contributed by atoms with van der Waals surface area (Å²) in [4.78, 5) is 57.8. The molecule has 258 valence electrons. The van der Waals surface area contributed by atoms with Crippen LogP contribution in [0, 0.1) is 18.6 Å². The molecule has 0 saturated carbocycles. The van der Waals surface area contributed by atoms with Gasteiger partial charge in [0, 0.05) is 37.4 Å². The fourth-order valence-electron chi connectivity index (χ4n) is 5.85. The number of anilines is 1. The predicted octanol–water partition coefficient (Wildman–Crippen LogP) is 4.58. The van der Waals surface area contributed by atoms with E-state index >= 15 is 0 Å². The summed E-state index contributed by atoms with van der Waals surface area (Å²) in [5, 5.41) is 13.0. The van der Waals surface area contributed by atoms with E-state index in [1.54, 1.807) is 73.0 Å².